The number of benzene rings is 6. The third kappa shape index (κ3) is 19.9. The maximum Gasteiger partial charge on any atom is 0.318 e. The smallest absolute Gasteiger partial charge is 0.318 e. The molecule has 0 aliphatic carbocycles. The number of hydrogen-bond acceptors (Lipinski definition) is 25. The summed E-state index contributed by atoms with van der Waals surface area (Å²) in [6.45, 7) is 36.3. The van der Waals surface area contributed by atoms with Gasteiger partial charge in [0.1, 0.15) is 47.0 Å². The van der Waals surface area contributed by atoms with Crippen molar-refractivity contribution in [2.24, 2.45) is 5.92 Å². The molecule has 0 bridgehead atoms. The maximum absolute atomic E-state index is 13.9. The first-order valence-electron chi connectivity index (χ1n) is 43.8. The molecule has 28 nitrogen and oxygen atoms in total. The number of carbonyl (C=O) groups excluding carboxylic acids is 3. The van der Waals surface area contributed by atoms with E-state index in [-0.39, 0.29) is 35.0 Å². The zero-order chi connectivity index (χ0) is 85.3. The van der Waals surface area contributed by atoms with Gasteiger partial charge in [-0.2, -0.15) is 24.9 Å². The van der Waals surface area contributed by atoms with Crippen LogP contribution in [0.5, 0.6) is 29.3 Å². The summed E-state index contributed by atoms with van der Waals surface area (Å²) in [6.07, 6.45) is 11.3. The lowest BCUT2D eigenvalue weighted by Gasteiger charge is -2.42. The summed E-state index contributed by atoms with van der Waals surface area (Å²) < 4.78 is 31.6. The molecule has 9 aliphatic rings. The van der Waals surface area contributed by atoms with Crippen LogP contribution in [0.1, 0.15) is 73.3 Å². The first kappa shape index (κ1) is 84.9. The summed E-state index contributed by atoms with van der Waals surface area (Å²) in [5.74, 6) is 4.87. The van der Waals surface area contributed by atoms with Crippen molar-refractivity contribution < 1.29 is 48.3 Å². The van der Waals surface area contributed by atoms with E-state index in [9.17, 15) is 34.1 Å². The van der Waals surface area contributed by atoms with Gasteiger partial charge in [0.05, 0.1) is 49.4 Å². The van der Waals surface area contributed by atoms with Gasteiger partial charge in [0, 0.05) is 232 Å². The number of methoxy groups -OCH3 is 1. The highest BCUT2D eigenvalue weighted by atomic mass is 19.1. The Kier molecular flexibility index (Phi) is 26.5. The largest absolute Gasteiger partial charge is 0.508 e. The lowest BCUT2D eigenvalue weighted by atomic mass is 9.99. The number of ether oxygens (including phenoxy) is 3. The van der Waals surface area contributed by atoms with Gasteiger partial charge in [-0.05, 0) is 110 Å². The lowest BCUT2D eigenvalue weighted by molar-refractivity contribution is -0.127. The number of alkyl halides is 1. The molecule has 0 saturated carbocycles. The number of aromatic hydroxyl groups is 3. The first-order valence-corrected chi connectivity index (χ1v) is 43.8. The average Bonchev–Trinajstić information content (AvgIpc) is 1.01. The maximum atomic E-state index is 13.9. The van der Waals surface area contributed by atoms with Crippen molar-refractivity contribution >= 4 is 90.5 Å². The van der Waals surface area contributed by atoms with Crippen LogP contribution in [0, 0.1) is 5.92 Å². The SMILES string of the molecule is C=CC(=O)N1CCN(c2nc(NCCN3CCC(CC)C3)nc3c2CCN(c2cc(O)cc4ccccc24)C3)CC1.C=CC(=O)N1CCN(c2nc(OCCCN3CCC(OC)C3)nc3c2CCN(c2cc(O)cc4ccccc24)C3)CC1.C=CC(=O)N1CCN(c2nc(OCCN3CC(C)(F)C3)nc3c2CCN(c2cc(O)cc4ccccc24)C3)CC1. The first-order chi connectivity index (χ1) is 59.8. The van der Waals surface area contributed by atoms with Crippen molar-refractivity contribution in [2.75, 3.05) is 219 Å². The third-order valence-corrected chi connectivity index (χ3v) is 25.6. The van der Waals surface area contributed by atoms with E-state index >= 15 is 0 Å². The van der Waals surface area contributed by atoms with Gasteiger partial charge >= 0.3 is 12.0 Å². The predicted molar refractivity (Wildman–Crippen MR) is 481 cm³/mol. The number of hydrogen-bond donors (Lipinski definition) is 4. The van der Waals surface area contributed by atoms with Gasteiger partial charge in [-0.25, -0.2) is 9.37 Å². The highest BCUT2D eigenvalue weighted by Gasteiger charge is 2.39. The molecule has 0 spiro atoms. The molecule has 6 fully saturated rings. The number of halogens is 1. The Hall–Kier alpha value is -11.7. The van der Waals surface area contributed by atoms with Crippen molar-refractivity contribution in [2.45, 2.75) is 90.2 Å². The molecule has 18 rings (SSSR count). The van der Waals surface area contributed by atoms with E-state index < -0.39 is 5.67 Å². The van der Waals surface area contributed by atoms with Gasteiger partial charge < -0.3 is 88.7 Å². The van der Waals surface area contributed by atoms with E-state index in [1.54, 1.807) is 31.1 Å². The Balaban J connectivity index is 0.000000137. The molecule has 3 amide bonds. The van der Waals surface area contributed by atoms with Crippen molar-refractivity contribution in [1.29, 1.82) is 0 Å². The predicted octanol–water partition coefficient (Wildman–Crippen LogP) is 10.3. The van der Waals surface area contributed by atoms with Gasteiger partial charge in [-0.1, -0.05) is 106 Å². The second-order valence-electron chi connectivity index (χ2n) is 33.8. The average molecular weight is 1680 g/mol. The van der Waals surface area contributed by atoms with E-state index in [1.165, 1.54) is 43.2 Å². The molecular weight excluding hydrogens is 1560 g/mol. The fourth-order valence-corrected chi connectivity index (χ4v) is 18.9. The molecule has 29 heteroatoms. The van der Waals surface area contributed by atoms with Crippen LogP contribution < -0.4 is 44.2 Å². The number of likely N-dealkylation sites (tertiary alicyclic amines) is 3. The normalized spacial score (nSPS) is 19.2. The Bertz CT molecular complexity index is 5320. The minimum atomic E-state index is -1.12. The third-order valence-electron chi connectivity index (χ3n) is 25.6. The number of amides is 3. The molecule has 123 heavy (non-hydrogen) atoms. The number of piperazine rings is 3. The number of nitrogens with one attached hydrogen (secondary N) is 1. The number of fused-ring (bicyclic) bond motifs is 6. The van der Waals surface area contributed by atoms with Gasteiger partial charge in [0.25, 0.3) is 0 Å². The van der Waals surface area contributed by atoms with Crippen molar-refractivity contribution in [1.82, 2.24) is 59.3 Å². The zero-order valence-corrected chi connectivity index (χ0v) is 71.3. The van der Waals surface area contributed by atoms with Gasteiger partial charge in [-0.15, -0.1) is 0 Å². The van der Waals surface area contributed by atoms with E-state index in [0.29, 0.717) is 142 Å². The van der Waals surface area contributed by atoms with E-state index in [0.717, 1.165) is 205 Å². The highest BCUT2D eigenvalue weighted by Crippen LogP contribution is 2.42. The lowest BCUT2D eigenvalue weighted by Crippen LogP contribution is -2.57. The minimum Gasteiger partial charge on any atom is -0.508 e. The number of phenols is 3. The van der Waals surface area contributed by atoms with Crippen LogP contribution in [0.25, 0.3) is 32.3 Å². The molecule has 0 radical (unpaired) electrons. The molecule has 2 unspecified atom stereocenters. The van der Waals surface area contributed by atoms with Crippen LogP contribution in [0.3, 0.4) is 0 Å². The topological polar surface area (TPSA) is 268 Å². The van der Waals surface area contributed by atoms with Gasteiger partial charge in [-0.3, -0.25) is 19.3 Å². The molecular formula is C94H116FN19O9. The van der Waals surface area contributed by atoms with E-state index in [4.69, 9.17) is 44.1 Å². The monoisotopic (exact) mass is 1670 g/mol. The van der Waals surface area contributed by atoms with Crippen molar-refractivity contribution in [3.05, 3.63) is 181 Å². The summed E-state index contributed by atoms with van der Waals surface area (Å²) >= 11 is 0. The standard InChI is InChI=1S/C32H41N7O2.C32H40N6O4.C30H35FN6O3/c1-3-23-9-12-36(21-23)14-11-33-32-34-28-22-39(29-20-25(40)19-24-7-5-6-8-26(24)29)13-10-27(28)31(35-32)38-17-15-37(16-18-38)30(41)4-2;1-3-30(40)36-14-16-37(17-15-36)31-27-10-13-38(29-20-24(39)19-23-7-4-5-8-26(23)29)22-28(27)33-32(34-31)42-18-6-11-35-12-9-25(21-35)41-2;1-3-27(39)35-10-12-36(13-11-35)28-24-8-9-37(26-17-22(38)16-21-6-4-5-7-23(21)26)18-25(24)32-29(33-28)40-15-14-34-19-30(2,31)20-34/h4-8,19-20,23,40H,2-3,9-18,21-22H2,1H3,(H,33,34,35);3-5,7-8,19-20,25,39H,1,6,9-18,21-22H2,2H3;3-7,16-17,38H,1,8-15,18-20H2,2H3. The fraction of sp³-hybridized carbons (Fsp3) is 0.457. The number of phenolic OH excluding ortho intramolecular Hbond substituents is 3. The van der Waals surface area contributed by atoms with Gasteiger partial charge in [0.2, 0.25) is 23.7 Å². The van der Waals surface area contributed by atoms with Crippen LogP contribution in [-0.2, 0) is 58.0 Å². The Morgan fingerprint density at radius 3 is 1.29 bits per heavy atom. The highest BCUT2D eigenvalue weighted by molar-refractivity contribution is 5.98. The fourth-order valence-electron chi connectivity index (χ4n) is 18.9. The molecule has 9 aliphatic heterocycles. The summed E-state index contributed by atoms with van der Waals surface area (Å²) in [5, 5.41) is 41.3. The molecule has 6 saturated heterocycles. The van der Waals surface area contributed by atoms with E-state index in [2.05, 4.69) is 89.4 Å². The zero-order valence-electron chi connectivity index (χ0n) is 71.3. The van der Waals surface area contributed by atoms with Crippen molar-refractivity contribution in [3.8, 4) is 29.3 Å². The van der Waals surface area contributed by atoms with E-state index in [1.807, 2.05) is 93.6 Å². The summed E-state index contributed by atoms with van der Waals surface area (Å²) in [4.78, 5) is 92.2. The van der Waals surface area contributed by atoms with Gasteiger partial charge in [0.15, 0.2) is 0 Å². The molecule has 6 aromatic carbocycles. The van der Waals surface area contributed by atoms with Crippen LogP contribution in [0.2, 0.25) is 0 Å². The number of anilines is 7. The van der Waals surface area contributed by atoms with Crippen LogP contribution >= 0.6 is 0 Å². The molecule has 4 N–H and O–H groups in total. The second kappa shape index (κ2) is 38.4. The van der Waals surface area contributed by atoms with Crippen LogP contribution in [-0.4, -0.2) is 288 Å². The molecule has 3 aromatic heterocycles. The number of nitrogens with zero attached hydrogens (tertiary/aromatic N) is 18. The molecule has 2 atom stereocenters. The Morgan fingerprint density at radius 2 is 0.886 bits per heavy atom. The Labute approximate surface area is 719 Å². The van der Waals surface area contributed by atoms with Crippen LogP contribution in [0.4, 0.5) is 44.9 Å². The molecule has 648 valence electrons. The molecule has 12 heterocycles. The summed E-state index contributed by atoms with van der Waals surface area (Å²) in [5.41, 5.74) is 8.13. The molecule has 9 aromatic rings. The van der Waals surface area contributed by atoms with Crippen LogP contribution in [0.15, 0.2) is 147 Å². The Morgan fingerprint density at radius 1 is 0.480 bits per heavy atom. The number of rotatable bonds is 24. The summed E-state index contributed by atoms with van der Waals surface area (Å²) in [7, 11) is 1.78. The summed E-state index contributed by atoms with van der Waals surface area (Å²) in [6, 6.07) is 36.0. The minimum absolute atomic E-state index is 0.0158. The number of aromatic nitrogens is 6. The van der Waals surface area contributed by atoms with Crippen molar-refractivity contribution in [3.63, 3.8) is 0 Å². The number of carbonyl (C=O) groups is 3. The quantitative estimate of drug-likeness (QED) is 0.0323. The second-order valence-corrected chi connectivity index (χ2v) is 33.8.